The molecule has 2 heterocycles. The van der Waals surface area contributed by atoms with E-state index in [-0.39, 0.29) is 24.0 Å². The molecule has 1 N–H and O–H groups in total. The van der Waals surface area contributed by atoms with Crippen molar-refractivity contribution in [3.63, 3.8) is 0 Å². The van der Waals surface area contributed by atoms with E-state index in [1.165, 1.54) is 0 Å². The zero-order chi connectivity index (χ0) is 17.1. The largest absolute Gasteiger partial charge is 0.393 e. The number of carbonyl (C=O) groups is 1. The first kappa shape index (κ1) is 17.4. The molecule has 0 spiro atoms. The Hall–Kier alpha value is -1.40. The maximum atomic E-state index is 12.9. The van der Waals surface area contributed by atoms with Crippen molar-refractivity contribution in [2.75, 3.05) is 19.8 Å². The van der Waals surface area contributed by atoms with Crippen LogP contribution in [0.5, 0.6) is 0 Å². The highest BCUT2D eigenvalue weighted by Gasteiger charge is 2.40. The van der Waals surface area contributed by atoms with E-state index < -0.39 is 0 Å². The van der Waals surface area contributed by atoms with Crippen molar-refractivity contribution in [1.29, 1.82) is 0 Å². The molecule has 1 saturated carbocycles. The zero-order valence-corrected chi connectivity index (χ0v) is 14.6. The van der Waals surface area contributed by atoms with Crippen LogP contribution in [0.3, 0.4) is 0 Å². The van der Waals surface area contributed by atoms with Crippen molar-refractivity contribution < 1.29 is 19.2 Å². The van der Waals surface area contributed by atoms with Crippen LogP contribution in [0.15, 0.2) is 10.6 Å². The Balaban J connectivity index is 1.77. The Bertz CT molecular complexity index is 555. The quantitative estimate of drug-likeness (QED) is 0.894. The molecular formula is C18H28N2O4. The highest BCUT2D eigenvalue weighted by molar-refractivity contribution is 5.91. The fraction of sp³-hybridized carbons (Fsp3) is 0.778. The van der Waals surface area contributed by atoms with Crippen LogP contribution in [0.1, 0.15) is 68.1 Å². The number of aromatic nitrogens is 1. The van der Waals surface area contributed by atoms with Crippen LogP contribution < -0.4 is 0 Å². The molecule has 1 saturated heterocycles. The summed E-state index contributed by atoms with van der Waals surface area (Å²) in [4.78, 5) is 14.8. The zero-order valence-electron chi connectivity index (χ0n) is 14.6. The number of carbonyl (C=O) groups excluding carboxylic acids is 1. The molecule has 1 aliphatic heterocycles. The SMILES string of the molecule is CCC(CC)c1cc(C(=O)N2CCOCC2C2CCCC2O)on1. The average molecular weight is 336 g/mol. The lowest BCUT2D eigenvalue weighted by molar-refractivity contribution is -0.0396. The second-order valence-corrected chi connectivity index (χ2v) is 6.93. The Kier molecular flexibility index (Phi) is 5.56. The maximum Gasteiger partial charge on any atom is 0.292 e. The molecule has 6 nitrogen and oxygen atoms in total. The summed E-state index contributed by atoms with van der Waals surface area (Å²) in [6, 6.07) is 1.71. The van der Waals surface area contributed by atoms with E-state index in [2.05, 4.69) is 19.0 Å². The molecule has 3 atom stereocenters. The minimum absolute atomic E-state index is 0.0783. The van der Waals surface area contributed by atoms with Gasteiger partial charge in [-0.2, -0.15) is 0 Å². The summed E-state index contributed by atoms with van der Waals surface area (Å²) < 4.78 is 10.9. The standard InChI is InChI=1S/C18H28N2O4/c1-3-12(4-2)14-10-17(24-19-14)18(22)20-8-9-23-11-15(20)13-6-5-7-16(13)21/h10,12-13,15-16,21H,3-9,11H2,1-2H3. The number of rotatable bonds is 5. The van der Waals surface area contributed by atoms with Gasteiger partial charge in [0.25, 0.3) is 5.91 Å². The van der Waals surface area contributed by atoms with E-state index in [1.807, 2.05) is 4.90 Å². The smallest absolute Gasteiger partial charge is 0.292 e. The molecule has 2 fully saturated rings. The lowest BCUT2D eigenvalue weighted by atomic mass is 9.94. The van der Waals surface area contributed by atoms with E-state index in [9.17, 15) is 9.90 Å². The van der Waals surface area contributed by atoms with E-state index >= 15 is 0 Å². The van der Waals surface area contributed by atoms with Gasteiger partial charge in [0.2, 0.25) is 5.76 Å². The van der Waals surface area contributed by atoms with Crippen LogP contribution in [-0.4, -0.2) is 53.0 Å². The Morgan fingerprint density at radius 2 is 2.21 bits per heavy atom. The number of morpholine rings is 1. The van der Waals surface area contributed by atoms with Crippen molar-refractivity contribution in [3.05, 3.63) is 17.5 Å². The molecule has 1 aromatic heterocycles. The number of aliphatic hydroxyl groups excluding tert-OH is 1. The van der Waals surface area contributed by atoms with Crippen molar-refractivity contribution in [2.45, 2.75) is 64.0 Å². The predicted molar refractivity (Wildman–Crippen MR) is 88.8 cm³/mol. The maximum absolute atomic E-state index is 12.9. The summed E-state index contributed by atoms with van der Waals surface area (Å²) in [5.41, 5.74) is 0.856. The lowest BCUT2D eigenvalue weighted by Crippen LogP contribution is -2.53. The summed E-state index contributed by atoms with van der Waals surface area (Å²) in [7, 11) is 0. The van der Waals surface area contributed by atoms with Gasteiger partial charge in [0.15, 0.2) is 0 Å². The van der Waals surface area contributed by atoms with Gasteiger partial charge in [-0.3, -0.25) is 4.79 Å². The minimum Gasteiger partial charge on any atom is -0.393 e. The second kappa shape index (κ2) is 7.66. The number of hydrogen-bond acceptors (Lipinski definition) is 5. The van der Waals surface area contributed by atoms with Crippen LogP contribution in [0.4, 0.5) is 0 Å². The monoisotopic (exact) mass is 336 g/mol. The van der Waals surface area contributed by atoms with Crippen molar-refractivity contribution in [3.8, 4) is 0 Å². The number of hydrogen-bond donors (Lipinski definition) is 1. The Morgan fingerprint density at radius 1 is 1.42 bits per heavy atom. The van der Waals surface area contributed by atoms with Gasteiger partial charge in [0, 0.05) is 24.4 Å². The highest BCUT2D eigenvalue weighted by Crippen LogP contribution is 2.33. The summed E-state index contributed by atoms with van der Waals surface area (Å²) in [6.07, 6.45) is 4.36. The van der Waals surface area contributed by atoms with Crippen LogP contribution in [0, 0.1) is 5.92 Å². The highest BCUT2D eigenvalue weighted by atomic mass is 16.5. The normalized spacial score (nSPS) is 27.8. The third-order valence-electron chi connectivity index (χ3n) is 5.60. The predicted octanol–water partition coefficient (Wildman–Crippen LogP) is 2.58. The molecule has 3 unspecified atom stereocenters. The van der Waals surface area contributed by atoms with Crippen molar-refractivity contribution in [1.82, 2.24) is 10.1 Å². The molecule has 24 heavy (non-hydrogen) atoms. The fourth-order valence-corrected chi connectivity index (χ4v) is 4.08. The molecule has 1 aromatic rings. The molecule has 0 radical (unpaired) electrons. The number of aliphatic hydroxyl groups is 1. The van der Waals surface area contributed by atoms with E-state index in [4.69, 9.17) is 9.26 Å². The summed E-state index contributed by atoms with van der Waals surface area (Å²) >= 11 is 0. The van der Waals surface area contributed by atoms with Crippen molar-refractivity contribution in [2.24, 2.45) is 5.92 Å². The van der Waals surface area contributed by atoms with E-state index in [0.29, 0.717) is 31.4 Å². The summed E-state index contributed by atoms with van der Waals surface area (Å²) in [5.74, 6) is 0.589. The Morgan fingerprint density at radius 3 is 2.88 bits per heavy atom. The number of nitrogens with zero attached hydrogens (tertiary/aromatic N) is 2. The van der Waals surface area contributed by atoms with Gasteiger partial charge >= 0.3 is 0 Å². The van der Waals surface area contributed by atoms with E-state index in [1.54, 1.807) is 6.07 Å². The Labute approximate surface area is 143 Å². The van der Waals surface area contributed by atoms with Gasteiger partial charge in [-0.1, -0.05) is 25.4 Å². The van der Waals surface area contributed by atoms with E-state index in [0.717, 1.165) is 37.8 Å². The minimum atomic E-state index is -0.346. The third-order valence-corrected chi connectivity index (χ3v) is 5.60. The average Bonchev–Trinajstić information content (AvgIpc) is 3.25. The van der Waals surface area contributed by atoms with Gasteiger partial charge in [-0.25, -0.2) is 0 Å². The first-order valence-electron chi connectivity index (χ1n) is 9.19. The van der Waals surface area contributed by atoms with Crippen LogP contribution in [0.2, 0.25) is 0 Å². The first-order chi connectivity index (χ1) is 11.7. The van der Waals surface area contributed by atoms with Crippen LogP contribution >= 0.6 is 0 Å². The molecule has 1 aliphatic carbocycles. The number of ether oxygens (including phenoxy) is 1. The summed E-state index contributed by atoms with van der Waals surface area (Å²) in [5, 5.41) is 14.3. The van der Waals surface area contributed by atoms with Gasteiger partial charge < -0.3 is 19.3 Å². The molecule has 1 amide bonds. The molecule has 134 valence electrons. The first-order valence-corrected chi connectivity index (χ1v) is 9.19. The molecule has 2 aliphatic rings. The molecule has 0 aromatic carbocycles. The lowest BCUT2D eigenvalue weighted by Gasteiger charge is -2.39. The third kappa shape index (κ3) is 3.35. The topological polar surface area (TPSA) is 75.8 Å². The molecular weight excluding hydrogens is 308 g/mol. The summed E-state index contributed by atoms with van der Waals surface area (Å²) in [6.45, 7) is 5.78. The van der Waals surface area contributed by atoms with Gasteiger partial charge in [0.1, 0.15) is 0 Å². The number of amides is 1. The molecule has 6 heteroatoms. The van der Waals surface area contributed by atoms with Crippen LogP contribution in [-0.2, 0) is 4.74 Å². The fourth-order valence-electron chi connectivity index (χ4n) is 4.08. The van der Waals surface area contributed by atoms with Gasteiger partial charge in [0.05, 0.1) is 31.1 Å². The van der Waals surface area contributed by atoms with Crippen LogP contribution in [0.25, 0.3) is 0 Å². The van der Waals surface area contributed by atoms with Crippen molar-refractivity contribution >= 4 is 5.91 Å². The second-order valence-electron chi connectivity index (χ2n) is 6.93. The van der Waals surface area contributed by atoms with Gasteiger partial charge in [-0.15, -0.1) is 0 Å². The van der Waals surface area contributed by atoms with Gasteiger partial charge in [-0.05, 0) is 25.7 Å². The molecule has 3 rings (SSSR count). The molecule has 0 bridgehead atoms.